The van der Waals surface area contributed by atoms with Gasteiger partial charge in [0.15, 0.2) is 9.84 Å². The largest absolute Gasteiger partial charge is 0.481 e. The Labute approximate surface area is 118 Å². The van der Waals surface area contributed by atoms with Gasteiger partial charge in [-0.3, -0.25) is 9.48 Å². The van der Waals surface area contributed by atoms with Gasteiger partial charge in [-0.15, -0.1) is 5.10 Å². The number of carboxylic acids is 1. The summed E-state index contributed by atoms with van der Waals surface area (Å²) in [7, 11) is -3.07. The van der Waals surface area contributed by atoms with Crippen LogP contribution in [0.2, 0.25) is 0 Å². The molecule has 1 heterocycles. The monoisotopic (exact) mass is 303 g/mol. The van der Waals surface area contributed by atoms with Crippen molar-refractivity contribution < 1.29 is 18.3 Å². The second-order valence-electron chi connectivity index (χ2n) is 4.99. The number of rotatable bonds is 9. The van der Waals surface area contributed by atoms with Gasteiger partial charge in [-0.2, -0.15) is 0 Å². The molecule has 0 fully saturated rings. The van der Waals surface area contributed by atoms with Gasteiger partial charge in [-0.05, 0) is 33.1 Å². The molecule has 0 aliphatic carbocycles. The van der Waals surface area contributed by atoms with Gasteiger partial charge < -0.3 is 5.11 Å². The Kier molecular flexibility index (Phi) is 6.12. The first-order valence-electron chi connectivity index (χ1n) is 6.63. The minimum Gasteiger partial charge on any atom is -0.481 e. The van der Waals surface area contributed by atoms with Crippen LogP contribution in [0, 0.1) is 0 Å². The number of aromatic nitrogens is 3. The van der Waals surface area contributed by atoms with Crippen molar-refractivity contribution in [3.63, 3.8) is 0 Å². The Hall–Kier alpha value is -1.44. The van der Waals surface area contributed by atoms with E-state index in [1.807, 2.05) is 0 Å². The van der Waals surface area contributed by atoms with Crippen LogP contribution < -0.4 is 0 Å². The van der Waals surface area contributed by atoms with Gasteiger partial charge in [0.05, 0.1) is 23.2 Å². The van der Waals surface area contributed by atoms with Gasteiger partial charge in [-0.25, -0.2) is 8.42 Å². The summed E-state index contributed by atoms with van der Waals surface area (Å²) < 4.78 is 24.9. The molecule has 20 heavy (non-hydrogen) atoms. The van der Waals surface area contributed by atoms with Gasteiger partial charge >= 0.3 is 5.97 Å². The molecule has 0 aliphatic heterocycles. The van der Waals surface area contributed by atoms with E-state index in [4.69, 9.17) is 5.11 Å². The second-order valence-corrected chi connectivity index (χ2v) is 7.67. The van der Waals surface area contributed by atoms with Crippen LogP contribution in [0.15, 0.2) is 6.20 Å². The van der Waals surface area contributed by atoms with Crippen molar-refractivity contribution in [2.75, 3.05) is 5.75 Å². The summed E-state index contributed by atoms with van der Waals surface area (Å²) in [6.45, 7) is 3.61. The molecule has 0 atom stereocenters. The maximum Gasteiger partial charge on any atom is 0.303 e. The molecule has 0 spiro atoms. The fourth-order valence-electron chi connectivity index (χ4n) is 1.60. The minimum absolute atomic E-state index is 0.0481. The normalized spacial score (nSPS) is 11.9. The van der Waals surface area contributed by atoms with E-state index in [-0.39, 0.29) is 17.4 Å². The zero-order chi connectivity index (χ0) is 15.2. The molecule has 1 aromatic heterocycles. The average molecular weight is 303 g/mol. The maximum absolute atomic E-state index is 11.7. The first-order chi connectivity index (χ1) is 9.31. The van der Waals surface area contributed by atoms with E-state index in [2.05, 4.69) is 10.3 Å². The molecule has 1 rings (SSSR count). The fourth-order valence-corrected chi connectivity index (χ4v) is 2.51. The summed E-state index contributed by atoms with van der Waals surface area (Å²) in [6, 6.07) is 0. The molecule has 0 saturated heterocycles. The van der Waals surface area contributed by atoms with E-state index in [0.29, 0.717) is 19.4 Å². The van der Waals surface area contributed by atoms with Crippen molar-refractivity contribution in [3.8, 4) is 0 Å². The average Bonchev–Trinajstić information content (AvgIpc) is 2.80. The van der Waals surface area contributed by atoms with Crippen LogP contribution in [0.25, 0.3) is 0 Å². The lowest BCUT2D eigenvalue weighted by Gasteiger charge is -2.06. The van der Waals surface area contributed by atoms with E-state index in [9.17, 15) is 13.2 Å². The topological polar surface area (TPSA) is 102 Å². The summed E-state index contributed by atoms with van der Waals surface area (Å²) in [5, 5.41) is 16.0. The summed E-state index contributed by atoms with van der Waals surface area (Å²) in [4.78, 5) is 10.4. The summed E-state index contributed by atoms with van der Waals surface area (Å²) >= 11 is 0. The third kappa shape index (κ3) is 5.68. The Morgan fingerprint density at radius 3 is 2.70 bits per heavy atom. The molecule has 114 valence electrons. The number of hydrogen-bond acceptors (Lipinski definition) is 5. The number of sulfone groups is 1. The maximum atomic E-state index is 11.7. The van der Waals surface area contributed by atoms with Crippen LogP contribution in [0.3, 0.4) is 0 Å². The molecule has 0 aromatic carbocycles. The molecule has 1 N–H and O–H groups in total. The minimum atomic E-state index is -3.07. The third-order valence-electron chi connectivity index (χ3n) is 2.98. The summed E-state index contributed by atoms with van der Waals surface area (Å²) in [5.74, 6) is -0.750. The van der Waals surface area contributed by atoms with Crippen LogP contribution in [-0.4, -0.2) is 45.5 Å². The molecule has 7 nitrogen and oxygen atoms in total. The number of nitrogens with zero attached hydrogens (tertiary/aromatic N) is 3. The van der Waals surface area contributed by atoms with Gasteiger partial charge in [0.25, 0.3) is 0 Å². The summed E-state index contributed by atoms with van der Waals surface area (Å²) in [5.41, 5.74) is 0.761. The van der Waals surface area contributed by atoms with E-state index < -0.39 is 15.8 Å². The van der Waals surface area contributed by atoms with Gasteiger partial charge in [0, 0.05) is 12.6 Å². The quantitative estimate of drug-likeness (QED) is 0.680. The van der Waals surface area contributed by atoms with E-state index >= 15 is 0 Å². The predicted molar refractivity (Wildman–Crippen MR) is 74.1 cm³/mol. The van der Waals surface area contributed by atoms with Crippen LogP contribution in [-0.2, 0) is 27.6 Å². The lowest BCUT2D eigenvalue weighted by Crippen LogP contribution is -2.21. The van der Waals surface area contributed by atoms with Gasteiger partial charge in [-0.1, -0.05) is 5.21 Å². The highest BCUT2D eigenvalue weighted by molar-refractivity contribution is 7.91. The van der Waals surface area contributed by atoms with Crippen LogP contribution in [0.5, 0.6) is 0 Å². The Morgan fingerprint density at radius 1 is 1.40 bits per heavy atom. The number of aliphatic carboxylic acids is 1. The standard InChI is InChI=1S/C12H21N3O4S/c1-10(2)20(18,19)8-7-15-9-11(13-14-15)5-3-4-6-12(16)17/h9-10H,3-8H2,1-2H3,(H,16,17). The Bertz CT molecular complexity index is 537. The second kappa shape index (κ2) is 7.37. The highest BCUT2D eigenvalue weighted by Gasteiger charge is 2.16. The van der Waals surface area contributed by atoms with Gasteiger partial charge in [0.2, 0.25) is 0 Å². The lowest BCUT2D eigenvalue weighted by molar-refractivity contribution is -0.137. The first-order valence-corrected chi connectivity index (χ1v) is 8.35. The molecule has 0 amide bonds. The number of carboxylic acid groups (broad SMARTS) is 1. The van der Waals surface area contributed by atoms with E-state index in [1.54, 1.807) is 20.0 Å². The van der Waals surface area contributed by atoms with Gasteiger partial charge in [0.1, 0.15) is 0 Å². The highest BCUT2D eigenvalue weighted by atomic mass is 32.2. The molecule has 8 heteroatoms. The fraction of sp³-hybridized carbons (Fsp3) is 0.750. The molecule has 0 unspecified atom stereocenters. The zero-order valence-electron chi connectivity index (χ0n) is 11.8. The Morgan fingerprint density at radius 2 is 2.10 bits per heavy atom. The third-order valence-corrected chi connectivity index (χ3v) is 5.17. The molecule has 0 saturated carbocycles. The highest BCUT2D eigenvalue weighted by Crippen LogP contribution is 2.05. The van der Waals surface area contributed by atoms with Crippen LogP contribution in [0.1, 0.15) is 38.8 Å². The van der Waals surface area contributed by atoms with Crippen molar-refractivity contribution in [2.45, 2.75) is 51.3 Å². The first kappa shape index (κ1) is 16.6. The van der Waals surface area contributed by atoms with E-state index in [1.165, 1.54) is 4.68 Å². The molecular formula is C12H21N3O4S. The van der Waals surface area contributed by atoms with E-state index in [0.717, 1.165) is 12.1 Å². The molecule has 1 aromatic rings. The smallest absolute Gasteiger partial charge is 0.303 e. The number of unbranched alkanes of at least 4 members (excludes halogenated alkanes) is 1. The van der Waals surface area contributed by atoms with Crippen molar-refractivity contribution in [1.29, 1.82) is 0 Å². The molecule has 0 radical (unpaired) electrons. The predicted octanol–water partition coefficient (Wildman–Crippen LogP) is 0.899. The van der Waals surface area contributed by atoms with Crippen LogP contribution in [0.4, 0.5) is 0 Å². The molecule has 0 bridgehead atoms. The molecular weight excluding hydrogens is 282 g/mol. The van der Waals surface area contributed by atoms with Crippen molar-refractivity contribution >= 4 is 15.8 Å². The zero-order valence-corrected chi connectivity index (χ0v) is 12.6. The van der Waals surface area contributed by atoms with Crippen LogP contribution >= 0.6 is 0 Å². The van der Waals surface area contributed by atoms with Crippen molar-refractivity contribution in [1.82, 2.24) is 15.0 Å². The number of carbonyl (C=O) groups is 1. The SMILES string of the molecule is CC(C)S(=O)(=O)CCn1cc(CCCCC(=O)O)nn1. The number of aryl methyl sites for hydroxylation is 2. The number of hydrogen-bond donors (Lipinski definition) is 1. The van der Waals surface area contributed by atoms with Crippen molar-refractivity contribution in [3.05, 3.63) is 11.9 Å². The molecule has 0 aliphatic rings. The Balaban J connectivity index is 2.38. The summed E-state index contributed by atoms with van der Waals surface area (Å²) in [6.07, 6.45) is 3.86. The van der Waals surface area contributed by atoms with Crippen molar-refractivity contribution in [2.24, 2.45) is 0 Å². The lowest BCUT2D eigenvalue weighted by atomic mass is 10.1.